The molecule has 0 aliphatic rings. The molecule has 0 aliphatic heterocycles. The van der Waals surface area contributed by atoms with Crippen LogP contribution in [0.4, 0.5) is 0 Å². The Morgan fingerprint density at radius 3 is 2.83 bits per heavy atom. The number of nitrogens with one attached hydrogen (secondary N) is 1. The predicted molar refractivity (Wildman–Crippen MR) is 43.2 cm³/mol. The Morgan fingerprint density at radius 2 is 2.25 bits per heavy atom. The van der Waals surface area contributed by atoms with Gasteiger partial charge in [-0.1, -0.05) is 0 Å². The summed E-state index contributed by atoms with van der Waals surface area (Å²) in [4.78, 5) is 0. The Morgan fingerprint density at radius 1 is 1.33 bits per heavy atom. The highest BCUT2D eigenvalue weighted by Crippen LogP contribution is 2.10. The smallest absolute Gasteiger partial charge is 0.120 e. The third kappa shape index (κ3) is 1.18. The van der Waals surface area contributed by atoms with E-state index in [9.17, 15) is 0 Å². The van der Waals surface area contributed by atoms with Crippen LogP contribution in [-0.2, 0) is 0 Å². The summed E-state index contributed by atoms with van der Waals surface area (Å²) in [5.41, 5.74) is 2.33. The standard InChI is InChI=1S/C8H7N4/c1-6-2-3-7(12-10-6)8-4-5-9-11-8/h2-3,5H,1H3,(H,9,11). The molecule has 2 rings (SSSR count). The monoisotopic (exact) mass is 159 g/mol. The molecular weight excluding hydrogens is 152 g/mol. The topological polar surface area (TPSA) is 54.5 Å². The first-order chi connectivity index (χ1) is 5.86. The maximum absolute atomic E-state index is 3.96. The second-order valence-corrected chi connectivity index (χ2v) is 2.44. The molecule has 4 nitrogen and oxygen atoms in total. The molecule has 0 spiro atoms. The van der Waals surface area contributed by atoms with E-state index in [4.69, 9.17) is 0 Å². The first-order valence-corrected chi connectivity index (χ1v) is 3.58. The third-order valence-electron chi connectivity index (χ3n) is 1.49. The summed E-state index contributed by atoms with van der Waals surface area (Å²) in [5.74, 6) is 0. The summed E-state index contributed by atoms with van der Waals surface area (Å²) < 4.78 is 0. The van der Waals surface area contributed by atoms with Gasteiger partial charge in [0.05, 0.1) is 5.69 Å². The zero-order valence-electron chi connectivity index (χ0n) is 6.57. The van der Waals surface area contributed by atoms with E-state index in [0.29, 0.717) is 5.69 Å². The van der Waals surface area contributed by atoms with Crippen molar-refractivity contribution in [3.63, 3.8) is 0 Å². The van der Waals surface area contributed by atoms with E-state index in [2.05, 4.69) is 26.5 Å². The summed E-state index contributed by atoms with van der Waals surface area (Å²) in [6.07, 6.45) is 1.64. The molecule has 1 radical (unpaired) electrons. The average molecular weight is 159 g/mol. The molecule has 0 fully saturated rings. The highest BCUT2D eigenvalue weighted by molar-refractivity contribution is 5.51. The molecule has 0 atom stereocenters. The maximum atomic E-state index is 3.96. The van der Waals surface area contributed by atoms with Gasteiger partial charge in [0.1, 0.15) is 11.4 Å². The van der Waals surface area contributed by atoms with E-state index >= 15 is 0 Å². The van der Waals surface area contributed by atoms with Crippen molar-refractivity contribution in [2.75, 3.05) is 0 Å². The normalized spacial score (nSPS) is 10.1. The molecule has 4 heteroatoms. The van der Waals surface area contributed by atoms with Crippen LogP contribution in [0.3, 0.4) is 0 Å². The summed E-state index contributed by atoms with van der Waals surface area (Å²) >= 11 is 0. The first kappa shape index (κ1) is 6.97. The molecule has 2 aromatic heterocycles. The minimum Gasteiger partial charge on any atom is -0.284 e. The van der Waals surface area contributed by atoms with Crippen LogP contribution in [0.15, 0.2) is 18.3 Å². The van der Waals surface area contributed by atoms with Crippen LogP contribution in [0.5, 0.6) is 0 Å². The van der Waals surface area contributed by atoms with Crippen LogP contribution < -0.4 is 0 Å². The number of aromatic nitrogens is 4. The Hall–Kier alpha value is -1.71. The molecule has 0 saturated heterocycles. The molecule has 0 unspecified atom stereocenters. The van der Waals surface area contributed by atoms with Crippen molar-refractivity contribution in [1.82, 2.24) is 20.4 Å². The van der Waals surface area contributed by atoms with Gasteiger partial charge >= 0.3 is 0 Å². The molecule has 12 heavy (non-hydrogen) atoms. The van der Waals surface area contributed by atoms with Gasteiger partial charge in [-0.3, -0.25) is 5.10 Å². The fourth-order valence-electron chi connectivity index (χ4n) is 0.886. The van der Waals surface area contributed by atoms with Crippen LogP contribution >= 0.6 is 0 Å². The lowest BCUT2D eigenvalue weighted by Gasteiger charge is -1.92. The van der Waals surface area contributed by atoms with Gasteiger partial charge in [0.25, 0.3) is 0 Å². The molecule has 0 aliphatic carbocycles. The molecule has 1 N–H and O–H groups in total. The average Bonchev–Trinajstić information content (AvgIpc) is 2.58. The van der Waals surface area contributed by atoms with Crippen molar-refractivity contribution in [1.29, 1.82) is 0 Å². The molecule has 0 saturated carbocycles. The second-order valence-electron chi connectivity index (χ2n) is 2.44. The third-order valence-corrected chi connectivity index (χ3v) is 1.49. The fourth-order valence-corrected chi connectivity index (χ4v) is 0.886. The summed E-state index contributed by atoms with van der Waals surface area (Å²) in [7, 11) is 0. The number of H-pyrrole nitrogens is 1. The SMILES string of the molecule is Cc1ccc(-c2[c]c[nH]n2)nn1. The predicted octanol–water partition coefficient (Wildman–Crippen LogP) is 0.975. The summed E-state index contributed by atoms with van der Waals surface area (Å²) in [5, 5.41) is 14.5. The Labute approximate surface area is 69.7 Å². The van der Waals surface area contributed by atoms with Crippen molar-refractivity contribution in [2.45, 2.75) is 6.92 Å². The summed E-state index contributed by atoms with van der Waals surface area (Å²) in [6.45, 7) is 1.89. The van der Waals surface area contributed by atoms with E-state index in [1.165, 1.54) is 0 Å². The zero-order valence-corrected chi connectivity index (χ0v) is 6.57. The molecule has 0 amide bonds. The minimum absolute atomic E-state index is 0.697. The quantitative estimate of drug-likeness (QED) is 0.674. The Bertz CT molecular complexity index is 349. The van der Waals surface area contributed by atoms with E-state index in [-0.39, 0.29) is 0 Å². The molecule has 2 heterocycles. The summed E-state index contributed by atoms with van der Waals surface area (Å²) in [6, 6.07) is 6.67. The molecule has 59 valence electrons. The van der Waals surface area contributed by atoms with E-state index in [0.717, 1.165) is 11.4 Å². The molecule has 2 aromatic rings. The number of hydrogen-bond donors (Lipinski definition) is 1. The van der Waals surface area contributed by atoms with Gasteiger partial charge in [-0.15, -0.1) is 5.10 Å². The maximum Gasteiger partial charge on any atom is 0.120 e. The molecule has 0 aromatic carbocycles. The Kier molecular flexibility index (Phi) is 1.59. The van der Waals surface area contributed by atoms with Crippen molar-refractivity contribution in [3.05, 3.63) is 30.1 Å². The van der Waals surface area contributed by atoms with Crippen LogP contribution in [0.1, 0.15) is 5.69 Å². The minimum atomic E-state index is 0.697. The number of aryl methyl sites for hydroxylation is 1. The molecular formula is C8H7N4. The number of hydrogen-bond acceptors (Lipinski definition) is 3. The number of nitrogens with zero attached hydrogens (tertiary/aromatic N) is 3. The van der Waals surface area contributed by atoms with E-state index in [1.54, 1.807) is 6.20 Å². The second kappa shape index (κ2) is 2.73. The van der Waals surface area contributed by atoms with Crippen LogP contribution in [0.2, 0.25) is 0 Å². The fraction of sp³-hybridized carbons (Fsp3) is 0.125. The number of aromatic amines is 1. The van der Waals surface area contributed by atoms with Gasteiger partial charge in [0.15, 0.2) is 0 Å². The van der Waals surface area contributed by atoms with Crippen LogP contribution in [-0.4, -0.2) is 20.4 Å². The van der Waals surface area contributed by atoms with E-state index < -0.39 is 0 Å². The highest BCUT2D eigenvalue weighted by Gasteiger charge is 2.00. The van der Waals surface area contributed by atoms with E-state index in [1.807, 2.05) is 19.1 Å². The van der Waals surface area contributed by atoms with Crippen LogP contribution in [0, 0.1) is 13.0 Å². The van der Waals surface area contributed by atoms with Crippen molar-refractivity contribution in [3.8, 4) is 11.4 Å². The highest BCUT2D eigenvalue weighted by atomic mass is 15.1. The first-order valence-electron chi connectivity index (χ1n) is 3.58. The van der Waals surface area contributed by atoms with Crippen molar-refractivity contribution < 1.29 is 0 Å². The molecule has 0 bridgehead atoms. The van der Waals surface area contributed by atoms with Gasteiger partial charge in [-0.25, -0.2) is 0 Å². The lowest BCUT2D eigenvalue weighted by Crippen LogP contribution is -1.89. The van der Waals surface area contributed by atoms with Crippen LogP contribution in [0.25, 0.3) is 11.4 Å². The van der Waals surface area contributed by atoms with Crippen molar-refractivity contribution in [2.24, 2.45) is 0 Å². The van der Waals surface area contributed by atoms with Crippen molar-refractivity contribution >= 4 is 0 Å². The van der Waals surface area contributed by atoms with Gasteiger partial charge in [0, 0.05) is 12.3 Å². The van der Waals surface area contributed by atoms with Gasteiger partial charge < -0.3 is 0 Å². The lowest BCUT2D eigenvalue weighted by molar-refractivity contribution is 0.975. The number of rotatable bonds is 1. The van der Waals surface area contributed by atoms with Gasteiger partial charge in [-0.2, -0.15) is 10.2 Å². The zero-order chi connectivity index (χ0) is 8.39. The van der Waals surface area contributed by atoms with Gasteiger partial charge in [0.2, 0.25) is 0 Å². The largest absolute Gasteiger partial charge is 0.284 e. The Balaban J connectivity index is 2.43. The lowest BCUT2D eigenvalue weighted by atomic mass is 10.3. The van der Waals surface area contributed by atoms with Gasteiger partial charge in [-0.05, 0) is 19.1 Å².